The van der Waals surface area contributed by atoms with Gasteiger partial charge in [-0.15, -0.1) is 0 Å². The molecule has 15 rings (SSSR count). The van der Waals surface area contributed by atoms with Crippen molar-refractivity contribution in [2.75, 3.05) is 12.8 Å². The Morgan fingerprint density at radius 3 is 1.39 bits per heavy atom. The molecule has 10 aromatic carbocycles. The molecule has 0 amide bonds. The summed E-state index contributed by atoms with van der Waals surface area (Å²) in [5, 5.41) is 25.5. The molecule has 5 saturated heterocycles. The van der Waals surface area contributed by atoms with Crippen LogP contribution in [0.25, 0.3) is 0 Å². The SMILES string of the molecule is C[Si]1(CCc2ccc(O)cc2)O[Si]2(c3ccccc3)OC3CO[Si](c4ccccc4)(O2)O[Si]24CO[Si](c5ccccc5)(O[Si](C)(CCc5ccc(O)cc5)O[SiH]3c3ccccc3)O[Si](OSc3ccccc3)(c3ccccc3)C2(c2ccccc2)O[Si](c2ccccc2)(O1)O4. The Bertz CT molecular complexity index is 4240. The lowest BCUT2D eigenvalue weighted by molar-refractivity contribution is 0.105. The quantitative estimate of drug-likeness (QED) is 0.0696. The number of aryl methyl sites for hydroxylation is 2. The molecule has 482 valence electrons. The number of rotatable bonds is 16. The van der Waals surface area contributed by atoms with Gasteiger partial charge in [0.1, 0.15) is 11.5 Å². The van der Waals surface area contributed by atoms with Crippen molar-refractivity contribution in [3.8, 4) is 11.5 Å². The molecule has 11 unspecified atom stereocenters. The van der Waals surface area contributed by atoms with Crippen molar-refractivity contribution < 1.29 is 64.7 Å². The van der Waals surface area contributed by atoms with Crippen LogP contribution in [0.15, 0.2) is 296 Å². The summed E-state index contributed by atoms with van der Waals surface area (Å²) in [6.07, 6.45) is 0.605. The van der Waals surface area contributed by atoms with E-state index in [-0.39, 0.29) is 24.3 Å². The molecule has 0 saturated carbocycles. The molecule has 2 N–H and O–H groups in total. The van der Waals surface area contributed by atoms with Crippen LogP contribution in [0.4, 0.5) is 0 Å². The lowest BCUT2D eigenvalue weighted by Gasteiger charge is -2.50. The summed E-state index contributed by atoms with van der Waals surface area (Å²) in [5.74, 6) is 0.307. The Morgan fingerprint density at radius 2 is 0.853 bits per heavy atom. The second-order valence-electron chi connectivity index (χ2n) is 24.6. The minimum atomic E-state index is -5.07. The molecule has 5 aliphatic heterocycles. The molecule has 6 bridgehead atoms. The standard InChI is InChI=1S/C70H70O15SSi9/c1-88(53-51-57-43-47-60(71)48-44-57)78-87(63-31-15-5-16-32-63)69-55-73-92(65-35-19-7-20-36-65)82-90-56-74-93(79-88,66-37-21-8-22-38-66)84-91(64-33-17-6-18-34-64,77-86-62-29-13-4-14-30-62)70(90,59-27-11-3-12-28-59)76-95(83-90,68-41-25-10-26-42-68)81-89(2,54-52-58-45-49-61(72)50-46-58)80-94(75-69,85-92)67-39-23-9-24-40-67/h3-50,69,71-72,87H,51-56H2,1-2H3. The number of hydrogen-bond acceptors (Lipinski definition) is 16. The summed E-state index contributed by atoms with van der Waals surface area (Å²) >= 11 is 1.19. The molecule has 5 fully saturated rings. The van der Waals surface area contributed by atoms with Gasteiger partial charge in [-0.2, -0.15) is 0 Å². The van der Waals surface area contributed by atoms with Crippen LogP contribution in [0.2, 0.25) is 25.2 Å². The van der Waals surface area contributed by atoms with Gasteiger partial charge in [-0.1, -0.05) is 255 Å². The molecule has 10 aromatic rings. The van der Waals surface area contributed by atoms with Gasteiger partial charge in [0.05, 0.1) is 18.6 Å². The fourth-order valence-corrected chi connectivity index (χ4v) is 64.7. The minimum absolute atomic E-state index is 0.0852. The molecule has 1 spiro atoms. The van der Waals surface area contributed by atoms with Crippen molar-refractivity contribution in [2.45, 2.75) is 53.5 Å². The van der Waals surface area contributed by atoms with Gasteiger partial charge in [-0.25, -0.2) is 0 Å². The number of phenols is 2. The predicted octanol–water partition coefficient (Wildman–Crippen LogP) is 9.25. The van der Waals surface area contributed by atoms with Crippen LogP contribution in [0, 0.1) is 0 Å². The van der Waals surface area contributed by atoms with Gasteiger partial charge >= 0.3 is 69.5 Å². The zero-order valence-corrected chi connectivity index (χ0v) is 62.2. The van der Waals surface area contributed by atoms with Gasteiger partial charge in [-0.3, -0.25) is 0 Å². The molecular formula is C70H70O15SSi9. The smallest absolute Gasteiger partial charge is 0.508 e. The summed E-state index contributed by atoms with van der Waals surface area (Å²) in [6.45, 7) is 4.11. The first kappa shape index (κ1) is 64.6. The monoisotopic (exact) mass is 1430 g/mol. The van der Waals surface area contributed by atoms with Crippen molar-refractivity contribution in [3.63, 3.8) is 0 Å². The van der Waals surface area contributed by atoms with E-state index < -0.39 is 89.1 Å². The molecular weight excluding hydrogens is 1370 g/mol. The normalized spacial score (nSPS) is 31.2. The lowest BCUT2D eigenvalue weighted by atomic mass is 10.2. The lowest BCUT2D eigenvalue weighted by Crippen LogP contribution is -2.82. The Kier molecular flexibility index (Phi) is 18.0. The highest BCUT2D eigenvalue weighted by Gasteiger charge is 2.90. The average Bonchev–Trinajstić information content (AvgIpc) is 1.50. The second kappa shape index (κ2) is 26.4. The third-order valence-electron chi connectivity index (χ3n) is 18.0. The second-order valence-corrected chi connectivity index (χ2v) is 53.6. The zero-order valence-electron chi connectivity index (χ0n) is 52.2. The molecule has 11 atom stereocenters. The van der Waals surface area contributed by atoms with E-state index in [1.54, 1.807) is 24.3 Å². The Hall–Kier alpha value is -6.42. The molecule has 25 heteroatoms. The van der Waals surface area contributed by atoms with Crippen molar-refractivity contribution >= 4 is 122 Å². The first-order valence-electron chi connectivity index (χ1n) is 31.9. The van der Waals surface area contributed by atoms with Crippen molar-refractivity contribution in [1.82, 2.24) is 0 Å². The van der Waals surface area contributed by atoms with Crippen molar-refractivity contribution in [1.29, 1.82) is 0 Å². The van der Waals surface area contributed by atoms with Gasteiger partial charge in [0.2, 0.25) is 9.04 Å². The fraction of sp³-hybridized carbons (Fsp3) is 0.143. The molecule has 5 aliphatic rings. The largest absolute Gasteiger partial charge is 0.521 e. The summed E-state index contributed by atoms with van der Waals surface area (Å²) in [5.41, 5.74) is 1.64. The summed E-state index contributed by atoms with van der Waals surface area (Å²) in [4.78, 5) is -1.19. The molecule has 15 nitrogen and oxygen atoms in total. The van der Waals surface area contributed by atoms with Crippen molar-refractivity contribution in [3.05, 3.63) is 308 Å². The van der Waals surface area contributed by atoms with Crippen molar-refractivity contribution in [2.24, 2.45) is 0 Å². The number of phenolic OH excluding ortho intramolecular Hbond substituents is 2. The van der Waals surface area contributed by atoms with E-state index in [9.17, 15) is 10.2 Å². The minimum Gasteiger partial charge on any atom is -0.508 e. The van der Waals surface area contributed by atoms with Gasteiger partial charge < -0.3 is 64.7 Å². The van der Waals surface area contributed by atoms with Crippen LogP contribution < -0.4 is 31.1 Å². The molecule has 0 aromatic heterocycles. The molecule has 0 aliphatic carbocycles. The van der Waals surface area contributed by atoms with E-state index in [4.69, 9.17) is 54.5 Å². The third-order valence-corrected chi connectivity index (χ3v) is 58.6. The summed E-state index contributed by atoms with van der Waals surface area (Å²) in [6, 6.07) is 95.4. The highest BCUT2D eigenvalue weighted by molar-refractivity contribution is 7.95. The van der Waals surface area contributed by atoms with E-state index in [0.29, 0.717) is 56.4 Å². The van der Waals surface area contributed by atoms with Gasteiger partial charge in [-0.05, 0) is 101 Å². The maximum atomic E-state index is 10.7. The van der Waals surface area contributed by atoms with Crippen LogP contribution in [-0.4, -0.2) is 107 Å². The summed E-state index contributed by atoms with van der Waals surface area (Å²) in [7, 11) is -40.7. The van der Waals surface area contributed by atoms with E-state index in [1.165, 1.54) is 12.0 Å². The molecule has 0 radical (unpaired) electrons. The van der Waals surface area contributed by atoms with Crippen LogP contribution in [-0.2, 0) is 72.2 Å². The van der Waals surface area contributed by atoms with Gasteiger partial charge in [0.25, 0.3) is 0 Å². The van der Waals surface area contributed by atoms with E-state index in [0.717, 1.165) is 21.2 Å². The Labute approximate surface area is 568 Å². The van der Waals surface area contributed by atoms with Gasteiger partial charge in [0, 0.05) is 37.7 Å². The predicted molar refractivity (Wildman–Crippen MR) is 383 cm³/mol. The summed E-state index contributed by atoms with van der Waals surface area (Å²) < 4.78 is 110. The molecule has 5 heterocycles. The first-order chi connectivity index (χ1) is 46.3. The maximum absolute atomic E-state index is 10.7. The van der Waals surface area contributed by atoms with E-state index >= 15 is 0 Å². The number of benzene rings is 10. The molecule has 95 heavy (non-hydrogen) atoms. The van der Waals surface area contributed by atoms with E-state index in [1.807, 2.05) is 231 Å². The van der Waals surface area contributed by atoms with Crippen LogP contribution in [0.5, 0.6) is 11.5 Å². The fourth-order valence-electron chi connectivity index (χ4n) is 13.4. The van der Waals surface area contributed by atoms with E-state index in [2.05, 4.69) is 49.5 Å². The number of hydrogen-bond donors (Lipinski definition) is 2. The Balaban J connectivity index is 1.12. The average molecular weight is 1440 g/mol. The topological polar surface area (TPSA) is 160 Å². The van der Waals surface area contributed by atoms with Gasteiger partial charge in [0.15, 0.2) is 4.85 Å². The number of aromatic hydroxyl groups is 2. The zero-order chi connectivity index (χ0) is 64.7. The highest BCUT2D eigenvalue weighted by Crippen LogP contribution is 2.59. The third kappa shape index (κ3) is 12.3. The number of fused-ring (bicyclic) bond motifs is 6. The maximum Gasteiger partial charge on any atom is 0.521 e. The first-order valence-corrected chi connectivity index (χ1v) is 50.1. The Morgan fingerprint density at radius 1 is 0.432 bits per heavy atom. The van der Waals surface area contributed by atoms with Crippen LogP contribution in [0.1, 0.15) is 16.7 Å². The van der Waals surface area contributed by atoms with Crippen LogP contribution in [0.3, 0.4) is 0 Å². The van der Waals surface area contributed by atoms with Crippen LogP contribution >= 0.6 is 12.0 Å². The highest BCUT2D eigenvalue weighted by atomic mass is 32.2.